The van der Waals surface area contributed by atoms with Crippen LogP contribution in [0.5, 0.6) is 17.2 Å². The van der Waals surface area contributed by atoms with E-state index in [0.717, 1.165) is 5.69 Å². The molecule has 0 radical (unpaired) electrons. The van der Waals surface area contributed by atoms with Crippen LogP contribution in [0.4, 0.5) is 17.1 Å². The van der Waals surface area contributed by atoms with Crippen molar-refractivity contribution in [3.8, 4) is 17.2 Å². The normalized spacial score (nSPS) is 10.2. The Morgan fingerprint density at radius 1 is 0.966 bits per heavy atom. The number of ether oxygens (including phenoxy) is 3. The van der Waals surface area contributed by atoms with Gasteiger partial charge in [0.2, 0.25) is 0 Å². The van der Waals surface area contributed by atoms with Crippen molar-refractivity contribution in [1.82, 2.24) is 4.98 Å². The summed E-state index contributed by atoms with van der Waals surface area (Å²) in [5.74, 6) is 1.59. The molecule has 1 amide bonds. The Bertz CT molecular complexity index is 991. The number of pyridine rings is 1. The van der Waals surface area contributed by atoms with Gasteiger partial charge in [0.05, 0.1) is 32.2 Å². The third kappa shape index (κ3) is 4.95. The molecule has 0 saturated carbocycles. The lowest BCUT2D eigenvalue weighted by Gasteiger charge is -2.13. The first-order valence-electron chi connectivity index (χ1n) is 9.13. The Balaban J connectivity index is 1.79. The topological polar surface area (TPSA) is 81.7 Å². The van der Waals surface area contributed by atoms with Crippen molar-refractivity contribution in [2.45, 2.75) is 6.92 Å². The molecular weight excluding hydrogens is 370 g/mol. The van der Waals surface area contributed by atoms with E-state index >= 15 is 0 Å². The Labute approximate surface area is 169 Å². The molecule has 0 aliphatic rings. The summed E-state index contributed by atoms with van der Waals surface area (Å²) < 4.78 is 16.2. The standard InChI is InChI=1S/C22H23N3O4/c1-4-29-20-8-6-5-7-17(20)25-22(26)19-13-15(11-12-23-19)24-18-10-9-16(27-2)14-21(18)28-3/h5-14H,4H2,1-3H3,(H,23,24)(H,25,26). The van der Waals surface area contributed by atoms with Gasteiger partial charge in [-0.05, 0) is 43.3 Å². The zero-order valence-corrected chi connectivity index (χ0v) is 16.6. The maximum Gasteiger partial charge on any atom is 0.274 e. The fourth-order valence-corrected chi connectivity index (χ4v) is 2.73. The van der Waals surface area contributed by atoms with Crippen molar-refractivity contribution in [3.05, 3.63) is 66.5 Å². The van der Waals surface area contributed by atoms with Gasteiger partial charge in [-0.15, -0.1) is 0 Å². The van der Waals surface area contributed by atoms with Crippen LogP contribution in [0, 0.1) is 0 Å². The lowest BCUT2D eigenvalue weighted by atomic mass is 10.2. The summed E-state index contributed by atoms with van der Waals surface area (Å²) in [5.41, 5.74) is 2.31. The van der Waals surface area contributed by atoms with E-state index in [-0.39, 0.29) is 11.6 Å². The number of carbonyl (C=O) groups excluding carboxylic acids is 1. The number of nitrogens with zero attached hydrogens (tertiary/aromatic N) is 1. The van der Waals surface area contributed by atoms with Crippen molar-refractivity contribution in [1.29, 1.82) is 0 Å². The minimum absolute atomic E-state index is 0.272. The van der Waals surface area contributed by atoms with Crippen LogP contribution in [-0.2, 0) is 0 Å². The number of aromatic nitrogens is 1. The quantitative estimate of drug-likeness (QED) is 0.587. The molecule has 1 heterocycles. The summed E-state index contributed by atoms with van der Waals surface area (Å²) in [6, 6.07) is 16.2. The monoisotopic (exact) mass is 393 g/mol. The van der Waals surface area contributed by atoms with Gasteiger partial charge < -0.3 is 24.8 Å². The molecule has 150 valence electrons. The number of para-hydroxylation sites is 2. The summed E-state index contributed by atoms with van der Waals surface area (Å²) in [6.45, 7) is 2.40. The molecule has 0 fully saturated rings. The van der Waals surface area contributed by atoms with Crippen LogP contribution in [0.2, 0.25) is 0 Å². The number of hydrogen-bond donors (Lipinski definition) is 2. The SMILES string of the molecule is CCOc1ccccc1NC(=O)c1cc(Nc2ccc(OC)cc2OC)ccn1. The van der Waals surface area contributed by atoms with Crippen LogP contribution >= 0.6 is 0 Å². The van der Waals surface area contributed by atoms with Gasteiger partial charge in [-0.1, -0.05) is 12.1 Å². The average molecular weight is 393 g/mol. The minimum atomic E-state index is -0.331. The van der Waals surface area contributed by atoms with E-state index in [1.807, 2.05) is 31.2 Å². The van der Waals surface area contributed by atoms with Crippen LogP contribution in [0.25, 0.3) is 0 Å². The molecule has 2 aromatic carbocycles. The van der Waals surface area contributed by atoms with Crippen LogP contribution in [0.3, 0.4) is 0 Å². The van der Waals surface area contributed by atoms with Crippen molar-refractivity contribution in [2.24, 2.45) is 0 Å². The van der Waals surface area contributed by atoms with E-state index in [1.165, 1.54) is 0 Å². The highest BCUT2D eigenvalue weighted by Crippen LogP contribution is 2.31. The van der Waals surface area contributed by atoms with E-state index in [2.05, 4.69) is 15.6 Å². The summed E-state index contributed by atoms with van der Waals surface area (Å²) in [6.07, 6.45) is 1.57. The van der Waals surface area contributed by atoms with E-state index < -0.39 is 0 Å². The lowest BCUT2D eigenvalue weighted by Crippen LogP contribution is -2.14. The van der Waals surface area contributed by atoms with Gasteiger partial charge in [0, 0.05) is 18.0 Å². The molecule has 0 spiro atoms. The van der Waals surface area contributed by atoms with Crippen molar-refractivity contribution < 1.29 is 19.0 Å². The number of methoxy groups -OCH3 is 2. The highest BCUT2D eigenvalue weighted by molar-refractivity contribution is 6.04. The highest BCUT2D eigenvalue weighted by atomic mass is 16.5. The van der Waals surface area contributed by atoms with Gasteiger partial charge in [0.25, 0.3) is 5.91 Å². The van der Waals surface area contributed by atoms with Gasteiger partial charge in [0.15, 0.2) is 0 Å². The Hall–Kier alpha value is -3.74. The molecule has 7 nitrogen and oxygen atoms in total. The fourth-order valence-electron chi connectivity index (χ4n) is 2.73. The third-order valence-corrected chi connectivity index (χ3v) is 4.12. The maximum absolute atomic E-state index is 12.7. The predicted octanol–water partition coefficient (Wildman–Crippen LogP) is 4.49. The summed E-state index contributed by atoms with van der Waals surface area (Å²) in [7, 11) is 3.18. The molecule has 0 atom stereocenters. The summed E-state index contributed by atoms with van der Waals surface area (Å²) >= 11 is 0. The molecule has 3 aromatic rings. The lowest BCUT2D eigenvalue weighted by molar-refractivity contribution is 0.102. The van der Waals surface area contributed by atoms with Gasteiger partial charge in [-0.2, -0.15) is 0 Å². The second-order valence-corrected chi connectivity index (χ2v) is 6.00. The van der Waals surface area contributed by atoms with Crippen LogP contribution in [0.15, 0.2) is 60.8 Å². The number of carbonyl (C=O) groups is 1. The molecular formula is C22H23N3O4. The van der Waals surface area contributed by atoms with Crippen LogP contribution in [0.1, 0.15) is 17.4 Å². The van der Waals surface area contributed by atoms with Gasteiger partial charge in [-0.25, -0.2) is 0 Å². The predicted molar refractivity (Wildman–Crippen MR) is 113 cm³/mol. The Morgan fingerprint density at radius 3 is 2.55 bits per heavy atom. The Kier molecular flexibility index (Phi) is 6.52. The smallest absolute Gasteiger partial charge is 0.274 e. The number of amides is 1. The molecule has 2 N–H and O–H groups in total. The largest absolute Gasteiger partial charge is 0.497 e. The second kappa shape index (κ2) is 9.45. The number of rotatable bonds is 8. The first-order valence-corrected chi connectivity index (χ1v) is 9.13. The number of nitrogens with one attached hydrogen (secondary N) is 2. The number of anilines is 3. The highest BCUT2D eigenvalue weighted by Gasteiger charge is 2.12. The average Bonchev–Trinajstić information content (AvgIpc) is 2.75. The zero-order valence-electron chi connectivity index (χ0n) is 16.6. The van der Waals surface area contributed by atoms with Gasteiger partial charge in [0.1, 0.15) is 22.9 Å². The number of hydrogen-bond acceptors (Lipinski definition) is 6. The molecule has 0 unspecified atom stereocenters. The molecule has 1 aromatic heterocycles. The number of benzene rings is 2. The molecule has 0 bridgehead atoms. The minimum Gasteiger partial charge on any atom is -0.497 e. The van der Waals surface area contributed by atoms with E-state index in [0.29, 0.717) is 35.2 Å². The van der Waals surface area contributed by atoms with E-state index in [9.17, 15) is 4.79 Å². The Morgan fingerprint density at radius 2 is 1.79 bits per heavy atom. The van der Waals surface area contributed by atoms with Crippen LogP contribution in [-0.4, -0.2) is 31.7 Å². The first-order chi connectivity index (χ1) is 14.1. The second-order valence-electron chi connectivity index (χ2n) is 6.00. The van der Waals surface area contributed by atoms with E-state index in [4.69, 9.17) is 14.2 Å². The van der Waals surface area contributed by atoms with Crippen molar-refractivity contribution >= 4 is 23.0 Å². The molecule has 29 heavy (non-hydrogen) atoms. The molecule has 0 aliphatic carbocycles. The van der Waals surface area contributed by atoms with Crippen molar-refractivity contribution in [2.75, 3.05) is 31.5 Å². The summed E-state index contributed by atoms with van der Waals surface area (Å²) in [5, 5.41) is 6.09. The summed E-state index contributed by atoms with van der Waals surface area (Å²) in [4.78, 5) is 16.9. The maximum atomic E-state index is 12.7. The van der Waals surface area contributed by atoms with Gasteiger partial charge >= 0.3 is 0 Å². The fraction of sp³-hybridized carbons (Fsp3) is 0.182. The third-order valence-electron chi connectivity index (χ3n) is 4.12. The molecule has 7 heteroatoms. The molecule has 3 rings (SSSR count). The van der Waals surface area contributed by atoms with Crippen LogP contribution < -0.4 is 24.8 Å². The van der Waals surface area contributed by atoms with Crippen molar-refractivity contribution in [3.63, 3.8) is 0 Å². The molecule has 0 aliphatic heterocycles. The first kappa shape index (κ1) is 20.0. The zero-order chi connectivity index (χ0) is 20.6. The molecule has 0 saturated heterocycles. The van der Waals surface area contributed by atoms with E-state index in [1.54, 1.807) is 50.7 Å². The van der Waals surface area contributed by atoms with Gasteiger partial charge in [-0.3, -0.25) is 9.78 Å².